The zero-order chi connectivity index (χ0) is 19.3. The van der Waals surface area contributed by atoms with Crippen LogP contribution in [0.1, 0.15) is 34.6 Å². The van der Waals surface area contributed by atoms with Crippen LogP contribution in [0, 0.1) is 0 Å². The number of rotatable bonds is 6. The van der Waals surface area contributed by atoms with Crippen LogP contribution in [0.2, 0.25) is 0 Å². The SMILES string of the molecule is CCOC(=O)c1cc([C@@H](Nc2ccccc2)c2ccccc2)n2ccccc12. The Hall–Kier alpha value is -3.53. The lowest BCUT2D eigenvalue weighted by atomic mass is 10.0. The van der Waals surface area contributed by atoms with E-state index in [0.717, 1.165) is 22.5 Å². The molecular formula is C24H22N2O2. The van der Waals surface area contributed by atoms with E-state index < -0.39 is 0 Å². The van der Waals surface area contributed by atoms with Crippen molar-refractivity contribution in [2.45, 2.75) is 13.0 Å². The summed E-state index contributed by atoms with van der Waals surface area (Å²) in [7, 11) is 0. The monoisotopic (exact) mass is 370 g/mol. The molecule has 4 heteroatoms. The molecule has 28 heavy (non-hydrogen) atoms. The lowest BCUT2D eigenvalue weighted by Gasteiger charge is -2.21. The van der Waals surface area contributed by atoms with Crippen LogP contribution in [0.5, 0.6) is 0 Å². The third-order valence-corrected chi connectivity index (χ3v) is 4.72. The number of para-hydroxylation sites is 1. The van der Waals surface area contributed by atoms with Gasteiger partial charge in [-0.05, 0) is 42.8 Å². The number of esters is 1. The summed E-state index contributed by atoms with van der Waals surface area (Å²) in [4.78, 5) is 12.5. The van der Waals surface area contributed by atoms with E-state index in [1.807, 2.05) is 85.9 Å². The number of aromatic nitrogens is 1. The van der Waals surface area contributed by atoms with Gasteiger partial charge >= 0.3 is 5.97 Å². The third kappa shape index (κ3) is 3.49. The smallest absolute Gasteiger partial charge is 0.340 e. The summed E-state index contributed by atoms with van der Waals surface area (Å²) in [5.41, 5.74) is 4.53. The van der Waals surface area contributed by atoms with Crippen molar-refractivity contribution in [3.63, 3.8) is 0 Å². The molecule has 0 bridgehead atoms. The molecule has 0 amide bonds. The number of carbonyl (C=O) groups excluding carboxylic acids is 1. The van der Waals surface area contributed by atoms with Gasteiger partial charge < -0.3 is 14.5 Å². The lowest BCUT2D eigenvalue weighted by molar-refractivity contribution is 0.0529. The van der Waals surface area contributed by atoms with E-state index in [1.54, 1.807) is 0 Å². The maximum atomic E-state index is 12.5. The predicted molar refractivity (Wildman–Crippen MR) is 112 cm³/mol. The van der Waals surface area contributed by atoms with Crippen LogP contribution in [-0.2, 0) is 4.74 Å². The van der Waals surface area contributed by atoms with Crippen LogP contribution in [-0.4, -0.2) is 17.0 Å². The van der Waals surface area contributed by atoms with Gasteiger partial charge in [0.15, 0.2) is 0 Å². The second kappa shape index (κ2) is 8.01. The van der Waals surface area contributed by atoms with E-state index in [4.69, 9.17) is 4.74 Å². The number of carbonyl (C=O) groups is 1. The molecule has 0 aliphatic heterocycles. The minimum atomic E-state index is -0.302. The van der Waals surface area contributed by atoms with E-state index in [1.165, 1.54) is 0 Å². The maximum absolute atomic E-state index is 12.5. The molecule has 0 fully saturated rings. The molecule has 1 N–H and O–H groups in total. The van der Waals surface area contributed by atoms with Crippen molar-refractivity contribution < 1.29 is 9.53 Å². The van der Waals surface area contributed by atoms with Gasteiger partial charge in [0, 0.05) is 11.9 Å². The fourth-order valence-electron chi connectivity index (χ4n) is 3.45. The Bertz CT molecular complexity index is 1070. The summed E-state index contributed by atoms with van der Waals surface area (Å²) >= 11 is 0. The van der Waals surface area contributed by atoms with Crippen LogP contribution in [0.15, 0.2) is 91.1 Å². The quantitative estimate of drug-likeness (QED) is 0.467. The minimum Gasteiger partial charge on any atom is -0.462 e. The average Bonchev–Trinajstić information content (AvgIpc) is 3.13. The molecule has 2 heterocycles. The molecule has 1 atom stereocenters. The molecule has 4 nitrogen and oxygen atoms in total. The van der Waals surface area contributed by atoms with Crippen LogP contribution in [0.3, 0.4) is 0 Å². The van der Waals surface area contributed by atoms with E-state index in [2.05, 4.69) is 21.9 Å². The fourth-order valence-corrected chi connectivity index (χ4v) is 3.45. The molecule has 0 aliphatic rings. The van der Waals surface area contributed by atoms with Crippen molar-refractivity contribution in [3.8, 4) is 0 Å². The Labute approximate surface area is 164 Å². The van der Waals surface area contributed by atoms with Crippen LogP contribution < -0.4 is 5.32 Å². The summed E-state index contributed by atoms with van der Waals surface area (Å²) < 4.78 is 7.34. The first kappa shape index (κ1) is 17.9. The van der Waals surface area contributed by atoms with E-state index in [0.29, 0.717) is 12.2 Å². The summed E-state index contributed by atoms with van der Waals surface area (Å²) in [5.74, 6) is -0.302. The van der Waals surface area contributed by atoms with Crippen molar-refractivity contribution in [3.05, 3.63) is 108 Å². The lowest BCUT2D eigenvalue weighted by Crippen LogP contribution is -2.14. The Kier molecular flexibility index (Phi) is 5.11. The molecule has 140 valence electrons. The largest absolute Gasteiger partial charge is 0.462 e. The van der Waals surface area contributed by atoms with Gasteiger partial charge in [0.2, 0.25) is 0 Å². The van der Waals surface area contributed by atoms with Gasteiger partial charge in [-0.2, -0.15) is 0 Å². The number of hydrogen-bond acceptors (Lipinski definition) is 3. The molecule has 0 unspecified atom stereocenters. The maximum Gasteiger partial charge on any atom is 0.340 e. The molecule has 0 spiro atoms. The summed E-state index contributed by atoms with van der Waals surface area (Å²) in [6.07, 6.45) is 1.98. The highest BCUT2D eigenvalue weighted by molar-refractivity contribution is 5.97. The number of nitrogens with one attached hydrogen (secondary N) is 1. The van der Waals surface area contributed by atoms with E-state index in [-0.39, 0.29) is 12.0 Å². The number of nitrogens with zero attached hydrogens (tertiary/aromatic N) is 1. The van der Waals surface area contributed by atoms with Gasteiger partial charge in [-0.15, -0.1) is 0 Å². The predicted octanol–water partition coefficient (Wildman–Crippen LogP) is 5.32. The van der Waals surface area contributed by atoms with Crippen LogP contribution in [0.4, 0.5) is 5.69 Å². The summed E-state index contributed by atoms with van der Waals surface area (Å²) in [6.45, 7) is 2.17. The Morgan fingerprint density at radius 1 is 0.964 bits per heavy atom. The molecule has 0 saturated carbocycles. The molecule has 4 aromatic rings. The first-order valence-electron chi connectivity index (χ1n) is 9.41. The Morgan fingerprint density at radius 2 is 1.64 bits per heavy atom. The molecular weight excluding hydrogens is 348 g/mol. The van der Waals surface area contributed by atoms with Gasteiger partial charge in [0.1, 0.15) is 0 Å². The first-order chi connectivity index (χ1) is 13.8. The van der Waals surface area contributed by atoms with Crippen LogP contribution in [0.25, 0.3) is 5.52 Å². The highest BCUT2D eigenvalue weighted by Crippen LogP contribution is 2.30. The Balaban J connectivity index is 1.86. The van der Waals surface area contributed by atoms with Gasteiger partial charge in [0.25, 0.3) is 0 Å². The molecule has 0 radical (unpaired) electrons. The summed E-state index contributed by atoms with van der Waals surface area (Å²) in [6, 6.07) is 28.0. The second-order valence-electron chi connectivity index (χ2n) is 6.51. The topological polar surface area (TPSA) is 42.7 Å². The molecule has 2 aromatic heterocycles. The summed E-state index contributed by atoms with van der Waals surface area (Å²) in [5, 5.41) is 3.62. The van der Waals surface area contributed by atoms with Crippen LogP contribution >= 0.6 is 0 Å². The normalized spacial score (nSPS) is 11.9. The van der Waals surface area contributed by atoms with E-state index in [9.17, 15) is 4.79 Å². The number of hydrogen-bond donors (Lipinski definition) is 1. The minimum absolute atomic E-state index is 0.123. The molecule has 0 saturated heterocycles. The van der Waals surface area contributed by atoms with Gasteiger partial charge in [0.05, 0.1) is 29.4 Å². The zero-order valence-electron chi connectivity index (χ0n) is 15.7. The highest BCUT2D eigenvalue weighted by Gasteiger charge is 2.23. The second-order valence-corrected chi connectivity index (χ2v) is 6.51. The van der Waals surface area contributed by atoms with Crippen molar-refractivity contribution in [1.29, 1.82) is 0 Å². The number of fused-ring (bicyclic) bond motifs is 1. The van der Waals surface area contributed by atoms with Gasteiger partial charge in [-0.3, -0.25) is 0 Å². The molecule has 0 aliphatic carbocycles. The molecule has 2 aromatic carbocycles. The van der Waals surface area contributed by atoms with Gasteiger partial charge in [-0.1, -0.05) is 54.6 Å². The Morgan fingerprint density at radius 3 is 2.36 bits per heavy atom. The number of ether oxygens (including phenoxy) is 1. The zero-order valence-corrected chi connectivity index (χ0v) is 15.7. The number of pyridine rings is 1. The number of anilines is 1. The van der Waals surface area contributed by atoms with Crippen molar-refractivity contribution in [2.75, 3.05) is 11.9 Å². The molecule has 4 rings (SSSR count). The average molecular weight is 370 g/mol. The van der Waals surface area contributed by atoms with Crippen molar-refractivity contribution in [2.24, 2.45) is 0 Å². The number of benzene rings is 2. The first-order valence-corrected chi connectivity index (χ1v) is 9.41. The standard InChI is InChI=1S/C24H22N2O2/c1-2-28-24(27)20-17-22(26-16-10-9-15-21(20)26)23(18-11-5-3-6-12-18)25-19-13-7-4-8-14-19/h3-17,23,25H,2H2,1H3/t23-/m0/s1. The highest BCUT2D eigenvalue weighted by atomic mass is 16.5. The van der Waals surface area contributed by atoms with Crippen molar-refractivity contribution >= 4 is 17.2 Å². The van der Waals surface area contributed by atoms with Crippen molar-refractivity contribution in [1.82, 2.24) is 4.40 Å². The van der Waals surface area contributed by atoms with Gasteiger partial charge in [-0.25, -0.2) is 4.79 Å². The fraction of sp³-hybridized carbons (Fsp3) is 0.125. The third-order valence-electron chi connectivity index (χ3n) is 4.72. The van der Waals surface area contributed by atoms with E-state index >= 15 is 0 Å².